The highest BCUT2D eigenvalue weighted by Crippen LogP contribution is 2.34. The molecule has 0 N–H and O–H groups in total. The van der Waals surface area contributed by atoms with Crippen molar-refractivity contribution in [3.63, 3.8) is 0 Å². The van der Waals surface area contributed by atoms with Crippen molar-refractivity contribution in [2.24, 2.45) is 0 Å². The summed E-state index contributed by atoms with van der Waals surface area (Å²) in [6, 6.07) is 9.29. The van der Waals surface area contributed by atoms with E-state index in [1.54, 1.807) is 12.1 Å². The van der Waals surface area contributed by atoms with Gasteiger partial charge in [0.05, 0.1) is 10.5 Å². The van der Waals surface area contributed by atoms with Crippen LogP contribution >= 0.6 is 0 Å². The topological polar surface area (TPSA) is 43.4 Å². The second-order valence-electron chi connectivity index (χ2n) is 5.00. The third-order valence-corrected chi connectivity index (χ3v) is 4.89. The smallest absolute Gasteiger partial charge is 0.416 e. The van der Waals surface area contributed by atoms with Crippen molar-refractivity contribution in [3.8, 4) is 5.75 Å². The molecule has 3 nitrogen and oxygen atoms in total. The van der Waals surface area contributed by atoms with E-state index in [9.17, 15) is 21.6 Å². The molecule has 7 heteroatoms. The molecule has 0 atom stereocenters. The van der Waals surface area contributed by atoms with Gasteiger partial charge in [-0.2, -0.15) is 13.2 Å². The average molecular weight is 340 g/mol. The molecule has 1 heterocycles. The molecule has 0 fully saturated rings. The van der Waals surface area contributed by atoms with Crippen LogP contribution in [-0.2, 0) is 22.6 Å². The van der Waals surface area contributed by atoms with Gasteiger partial charge < -0.3 is 4.74 Å². The summed E-state index contributed by atoms with van der Waals surface area (Å²) in [5, 5.41) is 1.10. The number of hydrogen-bond acceptors (Lipinski definition) is 3. The van der Waals surface area contributed by atoms with E-state index in [1.165, 1.54) is 24.3 Å². The zero-order valence-corrected chi connectivity index (χ0v) is 12.5. The predicted octanol–water partition coefficient (Wildman–Crippen LogP) is 4.04. The Labute approximate surface area is 130 Å². The molecule has 23 heavy (non-hydrogen) atoms. The summed E-state index contributed by atoms with van der Waals surface area (Å²) >= 11 is 0. The lowest BCUT2D eigenvalue weighted by Gasteiger charge is -2.11. The van der Waals surface area contributed by atoms with E-state index in [0.29, 0.717) is 16.9 Å². The summed E-state index contributed by atoms with van der Waals surface area (Å²) in [5.41, 5.74) is 0.288. The molecule has 0 unspecified atom stereocenters. The van der Waals surface area contributed by atoms with Crippen molar-refractivity contribution >= 4 is 15.9 Å². The first-order valence-electron chi connectivity index (χ1n) is 6.62. The lowest BCUT2D eigenvalue weighted by atomic mass is 10.1. The fourth-order valence-corrected chi connectivity index (χ4v) is 3.45. The van der Waals surface area contributed by atoms with E-state index in [2.05, 4.69) is 0 Å². The molecule has 0 amide bonds. The molecule has 0 radical (unpaired) electrons. The molecule has 120 valence electrons. The van der Waals surface area contributed by atoms with E-state index < -0.39 is 21.6 Å². The number of halogens is 3. The van der Waals surface area contributed by atoms with Crippen molar-refractivity contribution in [2.45, 2.75) is 17.7 Å². The van der Waals surface area contributed by atoms with Gasteiger partial charge in [-0.3, -0.25) is 0 Å². The second-order valence-corrected chi connectivity index (χ2v) is 6.80. The van der Waals surface area contributed by atoms with E-state index in [4.69, 9.17) is 4.74 Å². The number of benzene rings is 2. The van der Waals surface area contributed by atoms with Crippen LogP contribution in [0.1, 0.15) is 16.7 Å². The van der Waals surface area contributed by atoms with Gasteiger partial charge in [0, 0.05) is 11.0 Å². The van der Waals surface area contributed by atoms with Crippen molar-refractivity contribution in [1.29, 1.82) is 0 Å². The normalized spacial score (nSPS) is 15.4. The van der Waals surface area contributed by atoms with E-state index in [1.807, 2.05) is 0 Å². The number of alkyl halides is 3. The molecule has 1 aliphatic heterocycles. The van der Waals surface area contributed by atoms with Gasteiger partial charge in [-0.25, -0.2) is 8.42 Å². The standard InChI is InChI=1S/C16H11F3O3S/c17-16(18,19)12-6-4-11(5-7-12)10-22-14-2-1-3-15-13(14)8-9-23(15,20)21/h1-9H,10H2. The Kier molecular flexibility index (Phi) is 3.68. The zero-order valence-electron chi connectivity index (χ0n) is 11.7. The zero-order chi connectivity index (χ0) is 16.7. The molecule has 2 aromatic carbocycles. The Morgan fingerprint density at radius 3 is 2.35 bits per heavy atom. The Balaban J connectivity index is 1.78. The molecule has 0 saturated heterocycles. The second kappa shape index (κ2) is 5.42. The maximum Gasteiger partial charge on any atom is 0.416 e. The van der Waals surface area contributed by atoms with Crippen LogP contribution in [0.4, 0.5) is 13.2 Å². The Hall–Kier alpha value is -2.28. The van der Waals surface area contributed by atoms with E-state index in [0.717, 1.165) is 17.5 Å². The van der Waals surface area contributed by atoms with Crippen LogP contribution in [0.5, 0.6) is 5.75 Å². The Bertz CT molecular complexity index is 866. The van der Waals surface area contributed by atoms with Crippen LogP contribution in [0.2, 0.25) is 0 Å². The number of fused-ring (bicyclic) bond motifs is 1. The summed E-state index contributed by atoms with van der Waals surface area (Å²) in [7, 11) is -3.42. The summed E-state index contributed by atoms with van der Waals surface area (Å²) in [4.78, 5) is 0.169. The van der Waals surface area contributed by atoms with Crippen molar-refractivity contribution in [3.05, 3.63) is 64.6 Å². The van der Waals surface area contributed by atoms with Gasteiger partial charge in [0.2, 0.25) is 9.84 Å². The third-order valence-electron chi connectivity index (χ3n) is 3.42. The maximum atomic E-state index is 12.5. The minimum atomic E-state index is -4.38. The highest BCUT2D eigenvalue weighted by Gasteiger charge is 2.30. The van der Waals surface area contributed by atoms with Crippen LogP contribution in [0, 0.1) is 0 Å². The first-order valence-corrected chi connectivity index (χ1v) is 8.17. The number of sulfone groups is 1. The number of hydrogen-bond donors (Lipinski definition) is 0. The van der Waals surface area contributed by atoms with Gasteiger partial charge in [-0.15, -0.1) is 0 Å². The van der Waals surface area contributed by atoms with Gasteiger partial charge in [0.25, 0.3) is 0 Å². The van der Waals surface area contributed by atoms with Crippen LogP contribution < -0.4 is 4.74 Å². The maximum absolute atomic E-state index is 12.5. The van der Waals surface area contributed by atoms with E-state index in [-0.39, 0.29) is 11.5 Å². The van der Waals surface area contributed by atoms with E-state index >= 15 is 0 Å². The van der Waals surface area contributed by atoms with Gasteiger partial charge in [0.1, 0.15) is 12.4 Å². The van der Waals surface area contributed by atoms with Gasteiger partial charge >= 0.3 is 6.18 Å². The largest absolute Gasteiger partial charge is 0.488 e. The molecule has 1 aliphatic rings. The molecule has 2 aromatic rings. The fraction of sp³-hybridized carbons (Fsp3) is 0.125. The number of rotatable bonds is 3. The Morgan fingerprint density at radius 2 is 1.70 bits per heavy atom. The molecule has 0 spiro atoms. The highest BCUT2D eigenvalue weighted by molar-refractivity contribution is 7.94. The number of ether oxygens (including phenoxy) is 1. The van der Waals surface area contributed by atoms with Crippen molar-refractivity contribution in [2.75, 3.05) is 0 Å². The minimum absolute atomic E-state index is 0.0441. The fourth-order valence-electron chi connectivity index (χ4n) is 2.24. The van der Waals surface area contributed by atoms with Gasteiger partial charge in [0.15, 0.2) is 0 Å². The average Bonchev–Trinajstić information content (AvgIpc) is 2.81. The first-order chi connectivity index (χ1) is 10.8. The lowest BCUT2D eigenvalue weighted by molar-refractivity contribution is -0.137. The summed E-state index contributed by atoms with van der Waals surface area (Å²) < 4.78 is 66.6. The quantitative estimate of drug-likeness (QED) is 0.847. The van der Waals surface area contributed by atoms with Crippen molar-refractivity contribution < 1.29 is 26.3 Å². The molecule has 0 aromatic heterocycles. The van der Waals surface area contributed by atoms with Crippen LogP contribution in [0.3, 0.4) is 0 Å². The molecule has 0 bridgehead atoms. The van der Waals surface area contributed by atoms with Crippen LogP contribution in [0.25, 0.3) is 6.08 Å². The molecule has 0 saturated carbocycles. The van der Waals surface area contributed by atoms with Gasteiger partial charge in [-0.1, -0.05) is 18.2 Å². The summed E-state index contributed by atoms with van der Waals surface area (Å²) in [6.07, 6.45) is -2.93. The minimum Gasteiger partial charge on any atom is -0.488 e. The van der Waals surface area contributed by atoms with Crippen LogP contribution in [0.15, 0.2) is 52.8 Å². The predicted molar refractivity (Wildman–Crippen MR) is 78.4 cm³/mol. The van der Waals surface area contributed by atoms with Crippen molar-refractivity contribution in [1.82, 2.24) is 0 Å². The lowest BCUT2D eigenvalue weighted by Crippen LogP contribution is -2.05. The summed E-state index contributed by atoms with van der Waals surface area (Å²) in [6.45, 7) is 0.0441. The monoisotopic (exact) mass is 340 g/mol. The third kappa shape index (κ3) is 3.10. The molecular weight excluding hydrogens is 329 g/mol. The van der Waals surface area contributed by atoms with Gasteiger partial charge in [-0.05, 0) is 35.9 Å². The van der Waals surface area contributed by atoms with Crippen LogP contribution in [-0.4, -0.2) is 8.42 Å². The molecule has 0 aliphatic carbocycles. The molecule has 3 rings (SSSR count). The summed E-state index contributed by atoms with van der Waals surface area (Å²) in [5.74, 6) is 0.375. The SMILES string of the molecule is O=S1(=O)C=Cc2c(OCc3ccc(C(F)(F)F)cc3)cccc21. The Morgan fingerprint density at radius 1 is 1.00 bits per heavy atom. The first kappa shape index (κ1) is 15.6. The highest BCUT2D eigenvalue weighted by atomic mass is 32.2. The molecular formula is C16H11F3O3S.